The molecule has 1 amide bonds. The Morgan fingerprint density at radius 3 is 2.92 bits per heavy atom. The zero-order valence-electron chi connectivity index (χ0n) is 14.0. The standard InChI is InChI=1S/C17H22ClN3O3/c1-17(10-19)4-3-5-21(11-17)8-12-6-13(18)16(14(7-12)23-2)24-9-15(20)22/h6-7H,3-5,8-9,11H2,1-2H3,(H2,20,22). The number of methoxy groups -OCH3 is 1. The summed E-state index contributed by atoms with van der Waals surface area (Å²) in [4.78, 5) is 13.1. The van der Waals surface area contributed by atoms with Crippen LogP contribution >= 0.6 is 11.6 Å². The number of ether oxygens (including phenoxy) is 2. The summed E-state index contributed by atoms with van der Waals surface area (Å²) < 4.78 is 10.6. The highest BCUT2D eigenvalue weighted by Crippen LogP contribution is 2.37. The summed E-state index contributed by atoms with van der Waals surface area (Å²) >= 11 is 6.27. The Kier molecular flexibility index (Phi) is 5.92. The van der Waals surface area contributed by atoms with E-state index in [1.54, 1.807) is 6.07 Å². The lowest BCUT2D eigenvalue weighted by Gasteiger charge is -2.36. The fraction of sp³-hybridized carbons (Fsp3) is 0.529. The molecule has 1 aromatic carbocycles. The molecule has 0 bridgehead atoms. The van der Waals surface area contributed by atoms with E-state index in [4.69, 9.17) is 26.8 Å². The lowest BCUT2D eigenvalue weighted by molar-refractivity contribution is -0.119. The molecular formula is C17H22ClN3O3. The van der Waals surface area contributed by atoms with Gasteiger partial charge in [-0.3, -0.25) is 9.69 Å². The molecule has 6 nitrogen and oxygen atoms in total. The molecule has 1 aromatic rings. The van der Waals surface area contributed by atoms with E-state index in [1.807, 2.05) is 13.0 Å². The fourth-order valence-electron chi connectivity index (χ4n) is 2.98. The van der Waals surface area contributed by atoms with Gasteiger partial charge in [0.15, 0.2) is 18.1 Å². The molecule has 2 rings (SSSR count). The van der Waals surface area contributed by atoms with Gasteiger partial charge in [0.1, 0.15) is 0 Å². The van der Waals surface area contributed by atoms with Gasteiger partial charge in [-0.15, -0.1) is 0 Å². The van der Waals surface area contributed by atoms with Gasteiger partial charge in [-0.2, -0.15) is 5.26 Å². The lowest BCUT2D eigenvalue weighted by atomic mass is 9.83. The number of nitrogens with zero attached hydrogens (tertiary/aromatic N) is 2. The maximum absolute atomic E-state index is 10.9. The van der Waals surface area contributed by atoms with E-state index in [-0.39, 0.29) is 12.0 Å². The first-order valence-electron chi connectivity index (χ1n) is 7.78. The quantitative estimate of drug-likeness (QED) is 0.849. The Morgan fingerprint density at radius 2 is 2.29 bits per heavy atom. The topological polar surface area (TPSA) is 88.6 Å². The van der Waals surface area contributed by atoms with Crippen molar-refractivity contribution in [1.82, 2.24) is 4.90 Å². The second kappa shape index (κ2) is 7.73. The molecule has 1 aliphatic rings. The first-order chi connectivity index (χ1) is 11.4. The van der Waals surface area contributed by atoms with Crippen LogP contribution in [0.4, 0.5) is 0 Å². The lowest BCUT2D eigenvalue weighted by Crippen LogP contribution is -2.40. The second-order valence-corrected chi connectivity index (χ2v) is 6.76. The number of carbonyl (C=O) groups is 1. The minimum absolute atomic E-state index is 0.262. The zero-order chi connectivity index (χ0) is 17.7. The van der Waals surface area contributed by atoms with Crippen LogP contribution in [0.1, 0.15) is 25.3 Å². The van der Waals surface area contributed by atoms with Crippen LogP contribution in [0.25, 0.3) is 0 Å². The van der Waals surface area contributed by atoms with Gasteiger partial charge in [-0.05, 0) is 44.0 Å². The largest absolute Gasteiger partial charge is 0.493 e. The molecule has 0 aliphatic carbocycles. The highest BCUT2D eigenvalue weighted by molar-refractivity contribution is 6.32. The second-order valence-electron chi connectivity index (χ2n) is 6.35. The van der Waals surface area contributed by atoms with E-state index < -0.39 is 5.91 Å². The molecule has 1 atom stereocenters. The molecule has 0 saturated carbocycles. The Labute approximate surface area is 147 Å². The van der Waals surface area contributed by atoms with Crippen LogP contribution in [-0.2, 0) is 11.3 Å². The Bertz CT molecular complexity index is 659. The van der Waals surface area contributed by atoms with E-state index in [0.717, 1.165) is 31.5 Å². The summed E-state index contributed by atoms with van der Waals surface area (Å²) in [6.45, 7) is 4.07. The molecular weight excluding hydrogens is 330 g/mol. The number of carbonyl (C=O) groups excluding carboxylic acids is 1. The molecule has 0 aromatic heterocycles. The van der Waals surface area contributed by atoms with Crippen molar-refractivity contribution in [2.24, 2.45) is 11.1 Å². The molecule has 1 aliphatic heterocycles. The minimum Gasteiger partial charge on any atom is -0.493 e. The predicted molar refractivity (Wildman–Crippen MR) is 90.9 cm³/mol. The average molecular weight is 352 g/mol. The number of piperidine rings is 1. The SMILES string of the molecule is COc1cc(CN2CCCC(C)(C#N)C2)cc(Cl)c1OCC(N)=O. The number of hydrogen-bond donors (Lipinski definition) is 1. The molecule has 1 saturated heterocycles. The monoisotopic (exact) mass is 351 g/mol. The van der Waals surface area contributed by atoms with E-state index in [9.17, 15) is 10.1 Å². The van der Waals surface area contributed by atoms with E-state index >= 15 is 0 Å². The highest BCUT2D eigenvalue weighted by Gasteiger charge is 2.31. The summed E-state index contributed by atoms with van der Waals surface area (Å²) in [5, 5.41) is 9.69. The molecule has 1 fully saturated rings. The van der Waals surface area contributed by atoms with Crippen molar-refractivity contribution in [3.8, 4) is 17.6 Å². The maximum atomic E-state index is 10.9. The number of nitriles is 1. The van der Waals surface area contributed by atoms with Crippen LogP contribution < -0.4 is 15.2 Å². The average Bonchev–Trinajstić information content (AvgIpc) is 2.53. The van der Waals surface area contributed by atoms with E-state index in [2.05, 4.69) is 11.0 Å². The van der Waals surface area contributed by atoms with E-state index in [0.29, 0.717) is 23.1 Å². The Morgan fingerprint density at radius 1 is 1.54 bits per heavy atom. The van der Waals surface area contributed by atoms with Gasteiger partial charge >= 0.3 is 0 Å². The maximum Gasteiger partial charge on any atom is 0.255 e. The highest BCUT2D eigenvalue weighted by atomic mass is 35.5. The van der Waals surface area contributed by atoms with Gasteiger partial charge in [-0.25, -0.2) is 0 Å². The van der Waals surface area contributed by atoms with Crippen molar-refractivity contribution in [2.75, 3.05) is 26.8 Å². The molecule has 0 radical (unpaired) electrons. The third kappa shape index (κ3) is 4.53. The van der Waals surface area contributed by atoms with Gasteiger partial charge in [0.05, 0.1) is 23.6 Å². The number of primary amides is 1. The zero-order valence-corrected chi connectivity index (χ0v) is 14.7. The van der Waals surface area contributed by atoms with Gasteiger partial charge in [0, 0.05) is 13.1 Å². The molecule has 24 heavy (non-hydrogen) atoms. The summed E-state index contributed by atoms with van der Waals surface area (Å²) in [5.74, 6) is 0.183. The van der Waals surface area contributed by atoms with Crippen LogP contribution in [0, 0.1) is 16.7 Å². The third-order valence-corrected chi connectivity index (χ3v) is 4.38. The third-order valence-electron chi connectivity index (χ3n) is 4.10. The molecule has 7 heteroatoms. The van der Waals surface area contributed by atoms with Crippen molar-refractivity contribution in [3.05, 3.63) is 22.7 Å². The number of amides is 1. The number of rotatable bonds is 6. The number of nitrogens with two attached hydrogens (primary N) is 1. The summed E-state index contributed by atoms with van der Waals surface area (Å²) in [6.07, 6.45) is 1.92. The van der Waals surface area contributed by atoms with Crippen molar-refractivity contribution in [1.29, 1.82) is 5.26 Å². The molecule has 2 N–H and O–H groups in total. The predicted octanol–water partition coefficient (Wildman–Crippen LogP) is 2.34. The Hall–Kier alpha value is -1.97. The molecule has 1 unspecified atom stereocenters. The van der Waals surface area contributed by atoms with Crippen LogP contribution in [0.5, 0.6) is 11.5 Å². The van der Waals surface area contributed by atoms with Crippen molar-refractivity contribution in [2.45, 2.75) is 26.3 Å². The van der Waals surface area contributed by atoms with Gasteiger partial charge in [0.2, 0.25) is 0 Å². The normalized spacial score (nSPS) is 21.1. The Balaban J connectivity index is 2.15. The van der Waals surface area contributed by atoms with Gasteiger partial charge in [-0.1, -0.05) is 11.6 Å². The summed E-state index contributed by atoms with van der Waals surface area (Å²) in [6, 6.07) is 6.03. The number of hydrogen-bond acceptors (Lipinski definition) is 5. The van der Waals surface area contributed by atoms with Crippen molar-refractivity contribution in [3.63, 3.8) is 0 Å². The molecule has 1 heterocycles. The van der Waals surface area contributed by atoms with Crippen LogP contribution in [-0.4, -0.2) is 37.6 Å². The fourth-order valence-corrected chi connectivity index (χ4v) is 3.26. The van der Waals surface area contributed by atoms with Crippen LogP contribution in [0.15, 0.2) is 12.1 Å². The first kappa shape index (κ1) is 18.4. The van der Waals surface area contributed by atoms with E-state index in [1.165, 1.54) is 7.11 Å². The van der Waals surface area contributed by atoms with Crippen LogP contribution in [0.3, 0.4) is 0 Å². The molecule has 0 spiro atoms. The molecule has 130 valence electrons. The first-order valence-corrected chi connectivity index (χ1v) is 8.16. The summed E-state index contributed by atoms with van der Waals surface area (Å²) in [5.41, 5.74) is 5.75. The number of benzene rings is 1. The van der Waals surface area contributed by atoms with Gasteiger partial charge in [0.25, 0.3) is 5.91 Å². The van der Waals surface area contributed by atoms with Crippen molar-refractivity contribution >= 4 is 17.5 Å². The minimum atomic E-state index is -0.582. The number of halogens is 1. The smallest absolute Gasteiger partial charge is 0.255 e. The van der Waals surface area contributed by atoms with Crippen LogP contribution in [0.2, 0.25) is 5.02 Å². The van der Waals surface area contributed by atoms with Crippen molar-refractivity contribution < 1.29 is 14.3 Å². The summed E-state index contributed by atoms with van der Waals surface area (Å²) in [7, 11) is 1.51. The number of likely N-dealkylation sites (tertiary alicyclic amines) is 1. The van der Waals surface area contributed by atoms with Gasteiger partial charge < -0.3 is 15.2 Å².